The molecule has 1 amide bonds. The molecular formula is C28H27BrN2O4S2. The minimum Gasteiger partial charge on any atom is -0.462 e. The molecule has 9 heteroatoms. The Balaban J connectivity index is 1.27. The average Bonchev–Trinajstić information content (AvgIpc) is 3.58. The maximum atomic E-state index is 13.2. The number of amides is 1. The minimum atomic E-state index is -0.395. The summed E-state index contributed by atoms with van der Waals surface area (Å²) in [5, 5.41) is 4.32. The van der Waals surface area contributed by atoms with Crippen LogP contribution in [0.4, 0.5) is 5.69 Å². The second-order valence-electron chi connectivity index (χ2n) is 9.99. The van der Waals surface area contributed by atoms with E-state index >= 15 is 0 Å². The topological polar surface area (TPSA) is 77.4 Å². The van der Waals surface area contributed by atoms with Gasteiger partial charge in [0.25, 0.3) is 0 Å². The third kappa shape index (κ3) is 4.59. The molecule has 1 aromatic heterocycles. The van der Waals surface area contributed by atoms with Crippen LogP contribution in [0, 0.1) is 17.8 Å². The Kier molecular flexibility index (Phi) is 6.79. The van der Waals surface area contributed by atoms with Crippen molar-refractivity contribution in [3.63, 3.8) is 0 Å². The zero-order chi connectivity index (χ0) is 25.7. The van der Waals surface area contributed by atoms with Gasteiger partial charge in [-0.2, -0.15) is 0 Å². The summed E-state index contributed by atoms with van der Waals surface area (Å²) in [6.45, 7) is 2.03. The number of hydrogen-bond acceptors (Lipinski definition) is 6. The van der Waals surface area contributed by atoms with E-state index in [4.69, 9.17) is 4.74 Å². The molecule has 6 nitrogen and oxygen atoms in total. The standard InChI is InChI=1S/C28H27BrN2O4S2/c1-2-35-27(33)16-7-11-20(12-8-16)30-21(32)14-31-26-25(37-28(31)34)22(15-5-9-19(29)10-6-15)23-17-3-4-18(13-17)24(23)36-26/h5-12,17-18,22-24H,2-4,13-14H2,1H3,(H,30,32)/t17?,18?,22-,23?,24?/m0/s1. The molecule has 2 bridgehead atoms. The Morgan fingerprint density at radius 2 is 1.81 bits per heavy atom. The van der Waals surface area contributed by atoms with Crippen LogP contribution in [0.15, 0.2) is 62.8 Å². The number of rotatable bonds is 6. The molecule has 0 saturated heterocycles. The van der Waals surface area contributed by atoms with Gasteiger partial charge in [0.05, 0.1) is 17.2 Å². The number of nitrogens with zero attached hydrogens (tertiary/aromatic N) is 1. The number of benzene rings is 2. The summed E-state index contributed by atoms with van der Waals surface area (Å²) in [6.07, 6.45) is 3.82. The van der Waals surface area contributed by atoms with Crippen LogP contribution in [0.1, 0.15) is 52.9 Å². The number of thioether (sulfide) groups is 1. The van der Waals surface area contributed by atoms with E-state index in [1.54, 1.807) is 35.8 Å². The molecule has 1 N–H and O–H groups in total. The Bertz CT molecular complexity index is 1400. The molecule has 5 atom stereocenters. The average molecular weight is 600 g/mol. The van der Waals surface area contributed by atoms with Gasteiger partial charge in [-0.25, -0.2) is 4.79 Å². The van der Waals surface area contributed by atoms with E-state index < -0.39 is 5.97 Å². The quantitative estimate of drug-likeness (QED) is 0.345. The lowest BCUT2D eigenvalue weighted by molar-refractivity contribution is -0.116. The Labute approximate surface area is 231 Å². The van der Waals surface area contributed by atoms with Crippen molar-refractivity contribution in [1.29, 1.82) is 0 Å². The van der Waals surface area contributed by atoms with Crippen molar-refractivity contribution in [2.24, 2.45) is 17.8 Å². The fourth-order valence-electron chi connectivity index (χ4n) is 6.38. The summed E-state index contributed by atoms with van der Waals surface area (Å²) in [6, 6.07) is 15.1. The van der Waals surface area contributed by atoms with Crippen LogP contribution in [0.2, 0.25) is 0 Å². The number of halogens is 1. The van der Waals surface area contributed by atoms with Gasteiger partial charge < -0.3 is 10.1 Å². The number of thiazole rings is 1. The fourth-order valence-corrected chi connectivity index (χ4v) is 9.79. The van der Waals surface area contributed by atoms with Crippen LogP contribution in [-0.4, -0.2) is 28.3 Å². The number of ether oxygens (including phenoxy) is 1. The van der Waals surface area contributed by atoms with Crippen LogP contribution >= 0.6 is 39.0 Å². The number of nitrogens with one attached hydrogen (secondary N) is 1. The molecule has 4 unspecified atom stereocenters. The molecule has 2 heterocycles. The van der Waals surface area contributed by atoms with Crippen molar-refractivity contribution in [3.05, 3.63) is 78.7 Å². The molecule has 37 heavy (non-hydrogen) atoms. The number of hydrogen-bond donors (Lipinski definition) is 1. The maximum absolute atomic E-state index is 13.2. The normalized spacial score (nSPS) is 25.4. The largest absolute Gasteiger partial charge is 0.462 e. The van der Waals surface area contributed by atoms with E-state index in [1.165, 1.54) is 36.2 Å². The Morgan fingerprint density at radius 3 is 2.54 bits per heavy atom. The van der Waals surface area contributed by atoms with Crippen molar-refractivity contribution in [2.75, 3.05) is 11.9 Å². The van der Waals surface area contributed by atoms with E-state index in [0.29, 0.717) is 40.9 Å². The number of anilines is 1. The lowest BCUT2D eigenvalue weighted by Gasteiger charge is -2.40. The first-order chi connectivity index (χ1) is 17.9. The second-order valence-corrected chi connectivity index (χ2v) is 13.1. The summed E-state index contributed by atoms with van der Waals surface area (Å²) in [4.78, 5) is 39.2. The molecule has 192 valence electrons. The van der Waals surface area contributed by atoms with E-state index in [2.05, 4.69) is 45.5 Å². The number of carbonyl (C=O) groups excluding carboxylic acids is 2. The molecule has 2 aromatic carbocycles. The van der Waals surface area contributed by atoms with Gasteiger partial charge in [-0.05, 0) is 85.9 Å². The van der Waals surface area contributed by atoms with Crippen LogP contribution < -0.4 is 10.2 Å². The smallest absolute Gasteiger partial charge is 0.338 e. The van der Waals surface area contributed by atoms with Crippen molar-refractivity contribution < 1.29 is 14.3 Å². The summed E-state index contributed by atoms with van der Waals surface area (Å²) in [7, 11) is 0. The highest BCUT2D eigenvalue weighted by Crippen LogP contribution is 2.64. The Hall–Kier alpha value is -2.36. The lowest BCUT2D eigenvalue weighted by Crippen LogP contribution is -2.34. The van der Waals surface area contributed by atoms with Crippen LogP contribution in [0.25, 0.3) is 0 Å². The van der Waals surface area contributed by atoms with Crippen molar-refractivity contribution in [1.82, 2.24) is 4.57 Å². The molecule has 1 aliphatic heterocycles. The van der Waals surface area contributed by atoms with E-state index in [9.17, 15) is 14.4 Å². The fraction of sp³-hybridized carbons (Fsp3) is 0.393. The van der Waals surface area contributed by atoms with Crippen LogP contribution in [-0.2, 0) is 16.1 Å². The zero-order valence-electron chi connectivity index (χ0n) is 20.3. The Morgan fingerprint density at radius 1 is 1.08 bits per heavy atom. The third-order valence-electron chi connectivity index (χ3n) is 7.90. The van der Waals surface area contributed by atoms with Gasteiger partial charge in [-0.15, -0.1) is 11.8 Å². The van der Waals surface area contributed by atoms with Crippen LogP contribution in [0.3, 0.4) is 0 Å². The maximum Gasteiger partial charge on any atom is 0.338 e. The highest BCUT2D eigenvalue weighted by Gasteiger charge is 2.55. The molecule has 0 spiro atoms. The van der Waals surface area contributed by atoms with Crippen molar-refractivity contribution in [3.8, 4) is 0 Å². The molecule has 6 rings (SSSR count). The number of esters is 1. The molecule has 2 saturated carbocycles. The summed E-state index contributed by atoms with van der Waals surface area (Å²) < 4.78 is 7.72. The second kappa shape index (κ2) is 10.1. The van der Waals surface area contributed by atoms with Gasteiger partial charge in [0.2, 0.25) is 5.91 Å². The summed E-state index contributed by atoms with van der Waals surface area (Å²) in [5.41, 5.74) is 2.26. The third-order valence-corrected chi connectivity index (χ3v) is 11.3. The van der Waals surface area contributed by atoms with Gasteiger partial charge in [0.1, 0.15) is 6.54 Å². The van der Waals surface area contributed by atoms with Crippen molar-refractivity contribution >= 4 is 56.6 Å². The van der Waals surface area contributed by atoms with E-state index in [1.807, 2.05) is 11.8 Å². The first-order valence-corrected chi connectivity index (χ1v) is 15.1. The van der Waals surface area contributed by atoms with Gasteiger partial charge in [0, 0.05) is 26.2 Å². The molecule has 3 aromatic rings. The van der Waals surface area contributed by atoms with Gasteiger partial charge in [0.15, 0.2) is 0 Å². The zero-order valence-corrected chi connectivity index (χ0v) is 23.5. The number of aromatic nitrogens is 1. The SMILES string of the molecule is CCOC(=O)c1ccc(NC(=O)Cn2c3c(sc2=O)[C@@H](c2ccc(Br)cc2)C2C4CCC(C4)C2S3)cc1. The van der Waals surface area contributed by atoms with Gasteiger partial charge >= 0.3 is 10.8 Å². The molecule has 2 fully saturated rings. The first kappa shape index (κ1) is 24.9. The van der Waals surface area contributed by atoms with Crippen molar-refractivity contribution in [2.45, 2.75) is 48.9 Å². The van der Waals surface area contributed by atoms with Gasteiger partial charge in [-0.1, -0.05) is 39.4 Å². The highest BCUT2D eigenvalue weighted by molar-refractivity contribution is 9.10. The first-order valence-electron chi connectivity index (χ1n) is 12.7. The molecule has 2 aliphatic carbocycles. The van der Waals surface area contributed by atoms with E-state index in [0.717, 1.165) is 14.4 Å². The predicted molar refractivity (Wildman–Crippen MR) is 150 cm³/mol. The summed E-state index contributed by atoms with van der Waals surface area (Å²) >= 11 is 6.69. The van der Waals surface area contributed by atoms with Crippen LogP contribution in [0.5, 0.6) is 0 Å². The molecule has 0 radical (unpaired) electrons. The highest BCUT2D eigenvalue weighted by atomic mass is 79.9. The van der Waals surface area contributed by atoms with E-state index in [-0.39, 0.29) is 23.2 Å². The van der Waals surface area contributed by atoms with Gasteiger partial charge in [-0.3, -0.25) is 14.2 Å². The molecule has 3 aliphatic rings. The monoisotopic (exact) mass is 598 g/mol. The number of carbonyl (C=O) groups is 2. The number of fused-ring (bicyclic) bond motifs is 6. The lowest BCUT2D eigenvalue weighted by atomic mass is 9.75. The molecular weight excluding hydrogens is 572 g/mol. The minimum absolute atomic E-state index is 0.0319. The predicted octanol–water partition coefficient (Wildman–Crippen LogP) is 6.14. The summed E-state index contributed by atoms with van der Waals surface area (Å²) in [5.74, 6) is 1.46.